The molecule has 1 aliphatic heterocycles. The fraction of sp³-hybridized carbons (Fsp3) is 0.529. The molecule has 0 saturated carbocycles. The Bertz CT molecular complexity index is 507. The van der Waals surface area contributed by atoms with E-state index in [4.69, 9.17) is 5.73 Å². The zero-order valence-corrected chi connectivity index (χ0v) is 12.4. The van der Waals surface area contributed by atoms with E-state index in [1.807, 2.05) is 0 Å². The van der Waals surface area contributed by atoms with Crippen LogP contribution in [0.5, 0.6) is 0 Å². The average Bonchev–Trinajstić information content (AvgIpc) is 2.89. The SMILES string of the molecule is CCN(C[C@H]1C=C(N)NC1)c1cccc2c1CCCC2. The van der Waals surface area contributed by atoms with Crippen LogP contribution >= 0.6 is 0 Å². The quantitative estimate of drug-likeness (QED) is 0.883. The largest absolute Gasteiger partial charge is 0.386 e. The molecule has 108 valence electrons. The summed E-state index contributed by atoms with van der Waals surface area (Å²) in [6.45, 7) is 5.33. The maximum Gasteiger partial charge on any atom is 0.0923 e. The van der Waals surface area contributed by atoms with Gasteiger partial charge in [0.05, 0.1) is 5.82 Å². The van der Waals surface area contributed by atoms with Crippen LogP contribution in [0.3, 0.4) is 0 Å². The lowest BCUT2D eigenvalue weighted by Gasteiger charge is -2.30. The Morgan fingerprint density at radius 3 is 2.90 bits per heavy atom. The molecule has 0 spiro atoms. The van der Waals surface area contributed by atoms with Gasteiger partial charge < -0.3 is 16.0 Å². The van der Waals surface area contributed by atoms with Crippen molar-refractivity contribution in [3.63, 3.8) is 0 Å². The molecule has 2 aliphatic rings. The van der Waals surface area contributed by atoms with Gasteiger partial charge in [0, 0.05) is 31.2 Å². The minimum atomic E-state index is 0.523. The van der Waals surface area contributed by atoms with Gasteiger partial charge in [-0.05, 0) is 55.9 Å². The predicted octanol–water partition coefficient (Wildman–Crippen LogP) is 2.41. The third-order valence-electron chi connectivity index (χ3n) is 4.53. The molecule has 0 radical (unpaired) electrons. The summed E-state index contributed by atoms with van der Waals surface area (Å²) < 4.78 is 0. The van der Waals surface area contributed by atoms with Gasteiger partial charge in [-0.2, -0.15) is 0 Å². The van der Waals surface area contributed by atoms with Crippen LogP contribution in [-0.4, -0.2) is 19.6 Å². The molecular weight excluding hydrogens is 246 g/mol. The van der Waals surface area contributed by atoms with Crippen LogP contribution < -0.4 is 16.0 Å². The first-order valence-corrected chi connectivity index (χ1v) is 7.85. The van der Waals surface area contributed by atoms with Gasteiger partial charge in [0.1, 0.15) is 0 Å². The van der Waals surface area contributed by atoms with E-state index >= 15 is 0 Å². The fourth-order valence-electron chi connectivity index (χ4n) is 3.48. The van der Waals surface area contributed by atoms with Crippen molar-refractivity contribution in [3.05, 3.63) is 41.2 Å². The highest BCUT2D eigenvalue weighted by atomic mass is 15.1. The van der Waals surface area contributed by atoms with E-state index in [0.29, 0.717) is 5.92 Å². The standard InChI is InChI=1S/C17H25N3/c1-2-20(12-13-10-17(18)19-11-13)16-9-5-7-14-6-3-4-8-15(14)16/h5,7,9-10,13,19H,2-4,6,8,11-12,18H2,1H3/t13-/m0/s1. The number of hydrogen-bond donors (Lipinski definition) is 2. The number of nitrogens with two attached hydrogens (primary N) is 1. The number of nitrogens with one attached hydrogen (secondary N) is 1. The zero-order valence-electron chi connectivity index (χ0n) is 12.4. The second kappa shape index (κ2) is 5.78. The number of aryl methyl sites for hydroxylation is 1. The Labute approximate surface area is 121 Å². The Balaban J connectivity index is 1.82. The number of hydrogen-bond acceptors (Lipinski definition) is 3. The van der Waals surface area contributed by atoms with Gasteiger partial charge in [0.15, 0.2) is 0 Å². The van der Waals surface area contributed by atoms with Crippen LogP contribution in [0.1, 0.15) is 30.9 Å². The Hall–Kier alpha value is -1.64. The van der Waals surface area contributed by atoms with Crippen molar-refractivity contribution >= 4 is 5.69 Å². The normalized spacial score (nSPS) is 21.1. The Morgan fingerprint density at radius 1 is 1.30 bits per heavy atom. The molecule has 0 fully saturated rings. The first-order valence-electron chi connectivity index (χ1n) is 7.85. The van der Waals surface area contributed by atoms with E-state index in [2.05, 4.69) is 41.4 Å². The molecule has 3 heteroatoms. The molecule has 0 saturated heterocycles. The molecule has 1 aromatic carbocycles. The number of fused-ring (bicyclic) bond motifs is 1. The molecule has 1 aliphatic carbocycles. The van der Waals surface area contributed by atoms with Crippen LogP contribution in [0, 0.1) is 5.92 Å². The lowest BCUT2D eigenvalue weighted by Crippen LogP contribution is -2.32. The van der Waals surface area contributed by atoms with Crippen molar-refractivity contribution < 1.29 is 0 Å². The first-order chi connectivity index (χ1) is 9.78. The number of benzene rings is 1. The van der Waals surface area contributed by atoms with Crippen LogP contribution in [0.15, 0.2) is 30.1 Å². The maximum absolute atomic E-state index is 5.82. The van der Waals surface area contributed by atoms with Gasteiger partial charge in [-0.3, -0.25) is 0 Å². The monoisotopic (exact) mass is 271 g/mol. The summed E-state index contributed by atoms with van der Waals surface area (Å²) in [5, 5.41) is 3.23. The van der Waals surface area contributed by atoms with Crippen molar-refractivity contribution in [1.82, 2.24) is 5.32 Å². The topological polar surface area (TPSA) is 41.3 Å². The van der Waals surface area contributed by atoms with Gasteiger partial charge in [-0.15, -0.1) is 0 Å². The summed E-state index contributed by atoms with van der Waals surface area (Å²) >= 11 is 0. The van der Waals surface area contributed by atoms with Gasteiger partial charge >= 0.3 is 0 Å². The van der Waals surface area contributed by atoms with Crippen molar-refractivity contribution in [2.75, 3.05) is 24.5 Å². The van der Waals surface area contributed by atoms with E-state index in [0.717, 1.165) is 25.5 Å². The van der Waals surface area contributed by atoms with E-state index in [9.17, 15) is 0 Å². The fourth-order valence-corrected chi connectivity index (χ4v) is 3.48. The van der Waals surface area contributed by atoms with E-state index in [1.54, 1.807) is 11.1 Å². The molecule has 1 heterocycles. The summed E-state index contributed by atoms with van der Waals surface area (Å²) in [6, 6.07) is 6.82. The van der Waals surface area contributed by atoms with Crippen LogP contribution in [-0.2, 0) is 12.8 Å². The van der Waals surface area contributed by atoms with Crippen molar-refractivity contribution in [2.45, 2.75) is 32.6 Å². The van der Waals surface area contributed by atoms with Crippen molar-refractivity contribution in [1.29, 1.82) is 0 Å². The van der Waals surface area contributed by atoms with Gasteiger partial charge in [-0.25, -0.2) is 0 Å². The van der Waals surface area contributed by atoms with Crippen molar-refractivity contribution in [3.8, 4) is 0 Å². The van der Waals surface area contributed by atoms with Crippen LogP contribution in [0.4, 0.5) is 5.69 Å². The molecule has 1 aromatic rings. The van der Waals surface area contributed by atoms with Crippen molar-refractivity contribution in [2.24, 2.45) is 11.7 Å². The number of rotatable bonds is 4. The highest BCUT2D eigenvalue weighted by Crippen LogP contribution is 2.31. The summed E-state index contributed by atoms with van der Waals surface area (Å²) in [7, 11) is 0. The molecular formula is C17H25N3. The first kappa shape index (κ1) is 13.3. The molecule has 20 heavy (non-hydrogen) atoms. The van der Waals surface area contributed by atoms with E-state index < -0.39 is 0 Å². The molecule has 0 amide bonds. The third kappa shape index (κ3) is 2.62. The zero-order chi connectivity index (χ0) is 13.9. The molecule has 3 rings (SSSR count). The molecule has 0 aromatic heterocycles. The van der Waals surface area contributed by atoms with E-state index in [-0.39, 0.29) is 0 Å². The summed E-state index contributed by atoms with van der Waals surface area (Å²) in [5.74, 6) is 1.36. The minimum absolute atomic E-state index is 0.523. The van der Waals surface area contributed by atoms with Gasteiger partial charge in [-0.1, -0.05) is 12.1 Å². The summed E-state index contributed by atoms with van der Waals surface area (Å²) in [5.41, 5.74) is 10.4. The highest BCUT2D eigenvalue weighted by molar-refractivity contribution is 5.57. The van der Waals surface area contributed by atoms with Crippen LogP contribution in [0.2, 0.25) is 0 Å². The molecule has 3 N–H and O–H groups in total. The minimum Gasteiger partial charge on any atom is -0.386 e. The highest BCUT2D eigenvalue weighted by Gasteiger charge is 2.20. The Kier molecular flexibility index (Phi) is 3.86. The maximum atomic E-state index is 5.82. The lowest BCUT2D eigenvalue weighted by molar-refractivity contribution is 0.617. The van der Waals surface area contributed by atoms with E-state index in [1.165, 1.54) is 31.4 Å². The number of nitrogens with zero attached hydrogens (tertiary/aromatic N) is 1. The summed E-state index contributed by atoms with van der Waals surface area (Å²) in [6.07, 6.45) is 7.33. The second-order valence-electron chi connectivity index (χ2n) is 5.92. The second-order valence-corrected chi connectivity index (χ2v) is 5.92. The van der Waals surface area contributed by atoms with Gasteiger partial charge in [0.25, 0.3) is 0 Å². The predicted molar refractivity (Wildman–Crippen MR) is 84.7 cm³/mol. The van der Waals surface area contributed by atoms with Gasteiger partial charge in [0.2, 0.25) is 0 Å². The molecule has 1 atom stereocenters. The molecule has 3 nitrogen and oxygen atoms in total. The molecule has 0 bridgehead atoms. The summed E-state index contributed by atoms with van der Waals surface area (Å²) in [4.78, 5) is 2.52. The smallest absolute Gasteiger partial charge is 0.0923 e. The lowest BCUT2D eigenvalue weighted by atomic mass is 9.90. The van der Waals surface area contributed by atoms with Crippen LogP contribution in [0.25, 0.3) is 0 Å². The average molecular weight is 271 g/mol. The number of anilines is 1. The molecule has 0 unspecified atom stereocenters. The Morgan fingerprint density at radius 2 is 2.15 bits per heavy atom. The third-order valence-corrected chi connectivity index (χ3v) is 4.53.